The molecule has 1 heterocycles. The average Bonchev–Trinajstić information content (AvgIpc) is 3.14. The van der Waals surface area contributed by atoms with Gasteiger partial charge in [0.05, 0.1) is 11.1 Å². The van der Waals surface area contributed by atoms with E-state index in [0.717, 1.165) is 12.8 Å². The molecule has 1 fully saturated rings. The van der Waals surface area contributed by atoms with E-state index in [0.29, 0.717) is 12.8 Å². The second-order valence-electron chi connectivity index (χ2n) is 8.84. The maximum absolute atomic E-state index is 15.3. The average molecular weight is 477 g/mol. The van der Waals surface area contributed by atoms with Crippen molar-refractivity contribution in [2.24, 2.45) is 5.41 Å². The Labute approximate surface area is 196 Å². The Morgan fingerprint density at radius 2 is 2.00 bits per heavy atom. The predicted molar refractivity (Wildman–Crippen MR) is 122 cm³/mol. The van der Waals surface area contributed by atoms with Gasteiger partial charge in [-0.15, -0.1) is 0 Å². The number of allylic oxidation sites excluding steroid dienone is 2. The fourth-order valence-electron chi connectivity index (χ4n) is 5.39. The molecule has 0 aromatic heterocycles. The van der Waals surface area contributed by atoms with Crippen molar-refractivity contribution in [2.45, 2.75) is 43.1 Å². The Hall–Kier alpha value is -1.97. The maximum Gasteiger partial charge on any atom is 0.145 e. The smallest absolute Gasteiger partial charge is 0.145 e. The Morgan fingerprint density at radius 3 is 2.66 bits per heavy atom. The number of nitrogens with one attached hydrogen (secondary N) is 1. The molecule has 4 atom stereocenters. The number of hydrogen-bond acceptors (Lipinski definition) is 3. The Balaban J connectivity index is 1.88. The number of benzene rings is 2. The summed E-state index contributed by atoms with van der Waals surface area (Å²) in [6, 6.07) is 10.8. The zero-order valence-electron chi connectivity index (χ0n) is 17.4. The van der Waals surface area contributed by atoms with E-state index in [2.05, 4.69) is 17.5 Å². The summed E-state index contributed by atoms with van der Waals surface area (Å²) in [5.74, 6) is -1.89. The van der Waals surface area contributed by atoms with Gasteiger partial charge in [-0.3, -0.25) is 0 Å². The first-order valence-electron chi connectivity index (χ1n) is 10.7. The number of nitriles is 1. The second-order valence-corrected chi connectivity index (χ2v) is 9.68. The van der Waals surface area contributed by atoms with Gasteiger partial charge in [0.25, 0.3) is 0 Å². The molecule has 168 valence electrons. The van der Waals surface area contributed by atoms with Crippen molar-refractivity contribution in [2.75, 3.05) is 13.2 Å². The normalized spacial score (nSPS) is 29.8. The second kappa shape index (κ2) is 9.11. The lowest BCUT2D eigenvalue weighted by atomic mass is 9.62. The van der Waals surface area contributed by atoms with Crippen molar-refractivity contribution in [3.05, 3.63) is 81.4 Å². The summed E-state index contributed by atoms with van der Waals surface area (Å²) in [5, 5.41) is 24.4. The molecule has 32 heavy (non-hydrogen) atoms. The lowest BCUT2D eigenvalue weighted by Crippen LogP contribution is -2.47. The molecule has 0 bridgehead atoms. The summed E-state index contributed by atoms with van der Waals surface area (Å²) in [6.07, 6.45) is 6.83. The molecule has 4 rings (SSSR count). The van der Waals surface area contributed by atoms with Crippen LogP contribution in [0.15, 0.2) is 48.6 Å². The van der Waals surface area contributed by atoms with E-state index in [9.17, 15) is 10.4 Å². The van der Waals surface area contributed by atoms with Gasteiger partial charge in [0.2, 0.25) is 0 Å². The molecular weight excluding hydrogens is 453 g/mol. The Kier molecular flexibility index (Phi) is 6.61. The van der Waals surface area contributed by atoms with Gasteiger partial charge in [0.15, 0.2) is 0 Å². The fourth-order valence-corrected chi connectivity index (χ4v) is 5.73. The summed E-state index contributed by atoms with van der Waals surface area (Å²) in [6.45, 7) is 0.227. The van der Waals surface area contributed by atoms with Gasteiger partial charge in [0.1, 0.15) is 17.0 Å². The van der Waals surface area contributed by atoms with Crippen molar-refractivity contribution >= 4 is 23.2 Å². The zero-order chi connectivity index (χ0) is 22.9. The molecule has 0 spiro atoms. The molecule has 2 aromatic rings. The van der Waals surface area contributed by atoms with Crippen LogP contribution in [-0.2, 0) is 5.41 Å². The third-order valence-electron chi connectivity index (χ3n) is 7.12. The topological polar surface area (TPSA) is 56.0 Å². The summed E-state index contributed by atoms with van der Waals surface area (Å²) in [4.78, 5) is 0. The molecular formula is C25H24Cl2F2N2O. The van der Waals surface area contributed by atoms with Crippen LogP contribution in [0, 0.1) is 28.4 Å². The number of aliphatic hydroxyl groups excluding tert-OH is 1. The van der Waals surface area contributed by atoms with Gasteiger partial charge < -0.3 is 10.4 Å². The molecule has 0 radical (unpaired) electrons. The number of rotatable bonds is 5. The highest BCUT2D eigenvalue weighted by atomic mass is 35.5. The van der Waals surface area contributed by atoms with Crippen molar-refractivity contribution in [1.29, 1.82) is 5.26 Å². The van der Waals surface area contributed by atoms with Crippen LogP contribution in [0.2, 0.25) is 10.0 Å². The number of aliphatic hydroxyl groups is 1. The standard InChI is InChI=1S/C25H24Cl2F2N2O/c26-16-7-8-18(21(28)11-16)25(14-30)19(17-5-4-6-20(27)23(17)29)13-31-22(25)12-24(15-32)9-2-1-3-10-24/h1-2,4-8,11,19,22,31-32H,3,9-10,12-13,15H2/t19?,22?,24?,25-/m1/s1. The third-order valence-corrected chi connectivity index (χ3v) is 7.64. The highest BCUT2D eigenvalue weighted by Gasteiger charge is 2.56. The highest BCUT2D eigenvalue weighted by molar-refractivity contribution is 6.31. The van der Waals surface area contributed by atoms with Crippen molar-refractivity contribution in [3.8, 4) is 6.07 Å². The van der Waals surface area contributed by atoms with E-state index in [1.54, 1.807) is 18.2 Å². The van der Waals surface area contributed by atoms with Gasteiger partial charge in [-0.2, -0.15) is 5.26 Å². The minimum absolute atomic E-state index is 0.0429. The van der Waals surface area contributed by atoms with Crippen LogP contribution in [-0.4, -0.2) is 24.3 Å². The van der Waals surface area contributed by atoms with Crippen LogP contribution in [0.3, 0.4) is 0 Å². The van der Waals surface area contributed by atoms with E-state index in [1.165, 1.54) is 18.2 Å². The first-order valence-corrected chi connectivity index (χ1v) is 11.4. The lowest BCUT2D eigenvalue weighted by molar-refractivity contribution is 0.0871. The van der Waals surface area contributed by atoms with E-state index in [1.807, 2.05) is 6.08 Å². The molecule has 1 saturated heterocycles. The minimum atomic E-state index is -1.41. The SMILES string of the molecule is N#C[C@]1(c2ccc(Cl)cc2F)C(CC2(CO)CC=CCC2)NCC1c1cccc(Cl)c1F. The maximum atomic E-state index is 15.3. The Bertz CT molecular complexity index is 1090. The van der Waals surface area contributed by atoms with Gasteiger partial charge in [-0.05, 0) is 54.9 Å². The molecule has 2 N–H and O–H groups in total. The van der Waals surface area contributed by atoms with Crippen LogP contribution >= 0.6 is 23.2 Å². The Morgan fingerprint density at radius 1 is 1.19 bits per heavy atom. The molecule has 2 aromatic carbocycles. The van der Waals surface area contributed by atoms with Crippen LogP contribution in [0.1, 0.15) is 42.7 Å². The molecule has 0 saturated carbocycles. The quantitative estimate of drug-likeness (QED) is 0.528. The van der Waals surface area contributed by atoms with Crippen LogP contribution in [0.5, 0.6) is 0 Å². The number of nitrogens with zero attached hydrogens (tertiary/aromatic N) is 1. The van der Waals surface area contributed by atoms with E-state index < -0.39 is 34.4 Å². The van der Waals surface area contributed by atoms with Gasteiger partial charge in [-0.1, -0.05) is 53.6 Å². The number of hydrogen-bond donors (Lipinski definition) is 2. The highest BCUT2D eigenvalue weighted by Crippen LogP contribution is 2.51. The molecule has 3 unspecified atom stereocenters. The first-order chi connectivity index (χ1) is 15.4. The molecule has 1 aliphatic carbocycles. The summed E-state index contributed by atoms with van der Waals surface area (Å²) < 4.78 is 30.4. The van der Waals surface area contributed by atoms with E-state index in [-0.39, 0.29) is 34.3 Å². The van der Waals surface area contributed by atoms with Crippen LogP contribution in [0.25, 0.3) is 0 Å². The summed E-state index contributed by atoms with van der Waals surface area (Å²) in [5.41, 5.74) is -1.41. The fraction of sp³-hybridized carbons (Fsp3) is 0.400. The lowest BCUT2D eigenvalue weighted by Gasteiger charge is -2.41. The van der Waals surface area contributed by atoms with Gasteiger partial charge in [-0.25, -0.2) is 8.78 Å². The van der Waals surface area contributed by atoms with Gasteiger partial charge in [0, 0.05) is 35.7 Å². The molecule has 3 nitrogen and oxygen atoms in total. The first kappa shape index (κ1) is 23.2. The monoisotopic (exact) mass is 476 g/mol. The van der Waals surface area contributed by atoms with Crippen LogP contribution in [0.4, 0.5) is 8.78 Å². The van der Waals surface area contributed by atoms with Crippen LogP contribution < -0.4 is 5.32 Å². The molecule has 1 aliphatic heterocycles. The van der Waals surface area contributed by atoms with Crippen molar-refractivity contribution < 1.29 is 13.9 Å². The number of halogens is 4. The summed E-state index contributed by atoms with van der Waals surface area (Å²) >= 11 is 12.0. The predicted octanol–water partition coefficient (Wildman–Crippen LogP) is 5.90. The van der Waals surface area contributed by atoms with Crippen molar-refractivity contribution in [3.63, 3.8) is 0 Å². The molecule has 7 heteroatoms. The largest absolute Gasteiger partial charge is 0.396 e. The van der Waals surface area contributed by atoms with E-state index >= 15 is 8.78 Å². The minimum Gasteiger partial charge on any atom is -0.396 e. The summed E-state index contributed by atoms with van der Waals surface area (Å²) in [7, 11) is 0. The third kappa shape index (κ3) is 3.84. The van der Waals surface area contributed by atoms with E-state index in [4.69, 9.17) is 23.2 Å². The molecule has 0 amide bonds. The molecule has 2 aliphatic rings. The van der Waals surface area contributed by atoms with Crippen molar-refractivity contribution in [1.82, 2.24) is 5.32 Å². The van der Waals surface area contributed by atoms with Gasteiger partial charge >= 0.3 is 0 Å². The zero-order valence-corrected chi connectivity index (χ0v) is 18.9.